The molecule has 0 bridgehead atoms. The average Bonchev–Trinajstić information content (AvgIpc) is 3.18. The zero-order valence-electron chi connectivity index (χ0n) is 35.9. The number of rotatable bonds is 24. The SMILES string of the molecule is CC(C)C(NC(=O)C(NC(=O)C(NC(=O)C(OP(=O)(O)O)C(NC(=O)C(NC(=O)C(NP(=O)(O)O)C(C)C)C(C)C)C(=O)c1ccccc1)C(=O)c1ccccc1)C(C)C)C(N)=O. The fourth-order valence-corrected chi connectivity index (χ4v) is 7.30. The van der Waals surface area contributed by atoms with Crippen LogP contribution in [0.1, 0.15) is 76.1 Å². The van der Waals surface area contributed by atoms with Gasteiger partial charge in [0.1, 0.15) is 24.2 Å². The highest BCUT2D eigenvalue weighted by atomic mass is 31.2. The van der Waals surface area contributed by atoms with E-state index in [0.29, 0.717) is 0 Å². The van der Waals surface area contributed by atoms with Crippen LogP contribution in [-0.4, -0.2) is 109 Å². The maximum absolute atomic E-state index is 14.4. The van der Waals surface area contributed by atoms with Gasteiger partial charge in [-0.25, -0.2) is 14.2 Å². The Labute approximate surface area is 364 Å². The number of primary amides is 1. The number of Topliss-reactive ketones (excluding diaryl/α,β-unsaturated/α-hetero) is 2. The van der Waals surface area contributed by atoms with Crippen molar-refractivity contribution in [2.75, 3.05) is 0 Å². The third kappa shape index (κ3) is 16.8. The molecule has 348 valence electrons. The van der Waals surface area contributed by atoms with Crippen LogP contribution in [-0.2, 0) is 42.4 Å². The van der Waals surface area contributed by atoms with Crippen molar-refractivity contribution in [2.45, 2.75) is 97.7 Å². The second-order valence-corrected chi connectivity index (χ2v) is 18.4. The van der Waals surface area contributed by atoms with Crippen molar-refractivity contribution in [3.63, 3.8) is 0 Å². The molecule has 0 spiro atoms. The predicted octanol–water partition coefficient (Wildman–Crippen LogP) is -0.186. The minimum absolute atomic E-state index is 0.168. The summed E-state index contributed by atoms with van der Waals surface area (Å²) in [6.45, 7) is 12.0. The number of carbonyl (C=O) groups is 8. The van der Waals surface area contributed by atoms with Gasteiger partial charge in [-0.2, -0.15) is 0 Å². The van der Waals surface area contributed by atoms with Gasteiger partial charge in [-0.1, -0.05) is 116 Å². The topological polar surface area (TPSA) is 359 Å². The van der Waals surface area contributed by atoms with Crippen LogP contribution in [0.25, 0.3) is 0 Å². The molecule has 0 aliphatic rings. The Bertz CT molecular complexity index is 2060. The van der Waals surface area contributed by atoms with E-state index in [1.165, 1.54) is 102 Å². The summed E-state index contributed by atoms with van der Waals surface area (Å²) in [7, 11) is -10.8. The highest BCUT2D eigenvalue weighted by molar-refractivity contribution is 7.49. The Morgan fingerprint density at radius 3 is 1.24 bits per heavy atom. The Morgan fingerprint density at radius 1 is 0.492 bits per heavy atom. The second-order valence-electron chi connectivity index (χ2n) is 15.9. The molecule has 0 aliphatic carbocycles. The summed E-state index contributed by atoms with van der Waals surface area (Å²) in [5.41, 5.74) is 5.05. The molecule has 0 heterocycles. The maximum atomic E-state index is 14.4. The normalized spacial score (nSPS) is 15.3. The van der Waals surface area contributed by atoms with Crippen molar-refractivity contribution < 1.29 is 71.6 Å². The molecule has 0 fully saturated rings. The van der Waals surface area contributed by atoms with Crippen LogP contribution in [0.4, 0.5) is 0 Å². The number of phosphoric acid groups is 1. The van der Waals surface area contributed by atoms with E-state index in [0.717, 1.165) is 0 Å². The number of ketones is 2. The van der Waals surface area contributed by atoms with Crippen LogP contribution < -0.4 is 37.4 Å². The molecule has 2 rings (SSSR count). The quantitative estimate of drug-likeness (QED) is 0.0369. The lowest BCUT2D eigenvalue weighted by atomic mass is 9.95. The molecule has 12 N–H and O–H groups in total. The van der Waals surface area contributed by atoms with E-state index in [2.05, 4.69) is 26.6 Å². The Hall–Kier alpha value is -5.18. The predicted molar refractivity (Wildman–Crippen MR) is 226 cm³/mol. The molecule has 0 radical (unpaired) electrons. The van der Waals surface area contributed by atoms with Gasteiger partial charge in [0, 0.05) is 11.1 Å². The standard InChI is InChI=1S/C39H57N7O15P2/c1-19(2)25(34(40)49)41-35(50)26(20(3)4)43-38(53)30(32(48)24-17-13-10-14-18-24)45-39(54)33(61-63(58,59)60)29(31(47)23-15-11-9-12-16-23)44-36(51)27(21(5)6)42-37(52)28(22(7)8)46-62(55,56)57/h9-22,25-30,33H,1-8H3,(H2,40,49)(H,41,50)(H,42,52)(H,43,53)(H,44,51)(H,45,54)(H2,58,59,60)(H3,46,55,56,57). The molecule has 6 amide bonds. The van der Waals surface area contributed by atoms with Crippen LogP contribution in [0.2, 0.25) is 0 Å². The molecule has 0 saturated heterocycles. The minimum atomic E-state index is -5.83. The molecule has 22 nitrogen and oxygen atoms in total. The van der Waals surface area contributed by atoms with Crippen molar-refractivity contribution >= 4 is 62.6 Å². The molecule has 7 unspecified atom stereocenters. The van der Waals surface area contributed by atoms with E-state index in [1.54, 1.807) is 13.8 Å². The lowest BCUT2D eigenvalue weighted by Gasteiger charge is -2.31. The van der Waals surface area contributed by atoms with Crippen LogP contribution >= 0.6 is 15.6 Å². The van der Waals surface area contributed by atoms with Crippen molar-refractivity contribution in [1.29, 1.82) is 0 Å². The van der Waals surface area contributed by atoms with Crippen molar-refractivity contribution in [3.8, 4) is 0 Å². The Morgan fingerprint density at radius 2 is 0.857 bits per heavy atom. The summed E-state index contributed by atoms with van der Waals surface area (Å²) in [5, 5.41) is 13.3. The monoisotopic (exact) mass is 925 g/mol. The second kappa shape index (κ2) is 23.5. The van der Waals surface area contributed by atoms with Gasteiger partial charge in [0.05, 0.1) is 6.04 Å². The molecular weight excluding hydrogens is 868 g/mol. The molecule has 63 heavy (non-hydrogen) atoms. The lowest BCUT2D eigenvalue weighted by molar-refractivity contribution is -0.136. The first-order valence-electron chi connectivity index (χ1n) is 19.6. The number of carbonyl (C=O) groups excluding carboxylic acids is 8. The molecule has 7 atom stereocenters. The van der Waals surface area contributed by atoms with Gasteiger partial charge in [0.25, 0.3) is 11.8 Å². The highest BCUT2D eigenvalue weighted by Crippen LogP contribution is 2.39. The maximum Gasteiger partial charge on any atom is 0.470 e. The first-order valence-corrected chi connectivity index (χ1v) is 22.8. The number of hydrogen-bond acceptors (Lipinski definition) is 11. The zero-order chi connectivity index (χ0) is 48.1. The van der Waals surface area contributed by atoms with E-state index < -0.39 is 129 Å². The van der Waals surface area contributed by atoms with Gasteiger partial charge in [-0.3, -0.25) is 42.9 Å². The van der Waals surface area contributed by atoms with Gasteiger partial charge in [-0.15, -0.1) is 0 Å². The Balaban J connectivity index is 2.74. The van der Waals surface area contributed by atoms with E-state index in [4.69, 9.17) is 10.3 Å². The fraction of sp³-hybridized carbons (Fsp3) is 0.487. The molecule has 0 aromatic heterocycles. The molecule has 2 aromatic carbocycles. The lowest BCUT2D eigenvalue weighted by Crippen LogP contribution is -2.63. The highest BCUT2D eigenvalue weighted by Gasteiger charge is 2.45. The number of benzene rings is 2. The van der Waals surface area contributed by atoms with Crippen LogP contribution in [0.3, 0.4) is 0 Å². The fourth-order valence-electron chi connectivity index (χ4n) is 6.01. The van der Waals surface area contributed by atoms with Crippen LogP contribution in [0.15, 0.2) is 60.7 Å². The van der Waals surface area contributed by atoms with Gasteiger partial charge in [-0.05, 0) is 23.7 Å². The average molecular weight is 926 g/mol. The first-order chi connectivity index (χ1) is 29.1. The van der Waals surface area contributed by atoms with Crippen molar-refractivity contribution in [2.24, 2.45) is 29.4 Å². The molecule has 0 aliphatic heterocycles. The summed E-state index contributed by atoms with van der Waals surface area (Å²) >= 11 is 0. The van der Waals surface area contributed by atoms with E-state index in [-0.39, 0.29) is 11.1 Å². The van der Waals surface area contributed by atoms with Crippen LogP contribution in [0, 0.1) is 23.7 Å². The number of amides is 6. The van der Waals surface area contributed by atoms with Gasteiger partial charge in [0.2, 0.25) is 23.6 Å². The third-order valence-electron chi connectivity index (χ3n) is 9.34. The van der Waals surface area contributed by atoms with Crippen molar-refractivity contribution in [3.05, 3.63) is 71.8 Å². The number of nitrogens with two attached hydrogens (primary N) is 1. The summed E-state index contributed by atoms with van der Waals surface area (Å²) in [6.07, 6.45) is -2.74. The van der Waals surface area contributed by atoms with E-state index in [1.807, 2.05) is 5.09 Å². The molecule has 2 aromatic rings. The van der Waals surface area contributed by atoms with E-state index >= 15 is 0 Å². The van der Waals surface area contributed by atoms with Crippen LogP contribution in [0.5, 0.6) is 0 Å². The number of hydrogen-bond donors (Lipinski definition) is 11. The Kier molecular flexibility index (Phi) is 20.1. The summed E-state index contributed by atoms with van der Waals surface area (Å²) in [5.74, 6) is -12.2. The molecule has 24 heteroatoms. The minimum Gasteiger partial charge on any atom is -0.368 e. The largest absolute Gasteiger partial charge is 0.470 e. The van der Waals surface area contributed by atoms with Crippen molar-refractivity contribution in [1.82, 2.24) is 31.7 Å². The molecule has 0 saturated carbocycles. The number of nitrogens with one attached hydrogen (secondary N) is 6. The summed E-state index contributed by atoms with van der Waals surface area (Å²) in [4.78, 5) is 149. The smallest absolute Gasteiger partial charge is 0.368 e. The van der Waals surface area contributed by atoms with Gasteiger partial charge >= 0.3 is 15.6 Å². The molecular formula is C39H57N7O15P2. The summed E-state index contributed by atoms with van der Waals surface area (Å²) in [6, 6.07) is 3.12. The van der Waals surface area contributed by atoms with Gasteiger partial charge < -0.3 is 51.9 Å². The number of phosphoric ester groups is 1. The van der Waals surface area contributed by atoms with Gasteiger partial charge in [0.15, 0.2) is 23.7 Å². The third-order valence-corrected chi connectivity index (χ3v) is 10.5. The zero-order valence-corrected chi connectivity index (χ0v) is 37.7. The van der Waals surface area contributed by atoms with E-state index in [9.17, 15) is 67.1 Å². The first kappa shape index (κ1) is 54.0. The summed E-state index contributed by atoms with van der Waals surface area (Å²) < 4.78 is 29.1.